The first-order valence-electron chi connectivity index (χ1n) is 14.1. The monoisotopic (exact) mass is 597 g/mol. The Labute approximate surface area is 253 Å². The van der Waals surface area contributed by atoms with Crippen molar-refractivity contribution in [3.05, 3.63) is 66.2 Å². The number of carbonyl (C=O) groups excluding carboxylic acids is 1. The minimum absolute atomic E-state index is 0.0742. The molecule has 1 atom stereocenters. The van der Waals surface area contributed by atoms with Crippen LogP contribution in [-0.4, -0.2) is 66.4 Å². The fraction of sp³-hybridized carbons (Fsp3) is 0.333. The van der Waals surface area contributed by atoms with Crippen molar-refractivity contribution >= 4 is 23.5 Å². The lowest BCUT2D eigenvalue weighted by Crippen LogP contribution is -2.38. The smallest absolute Gasteiger partial charge is 0.306 e. The second-order valence-corrected chi connectivity index (χ2v) is 10.5. The Balaban J connectivity index is 1.26. The van der Waals surface area contributed by atoms with Crippen molar-refractivity contribution in [3.63, 3.8) is 0 Å². The summed E-state index contributed by atoms with van der Waals surface area (Å²) >= 11 is 0. The average Bonchev–Trinajstić information content (AvgIpc) is 3.54. The summed E-state index contributed by atoms with van der Waals surface area (Å²) in [6, 6.07) is 12.3. The summed E-state index contributed by atoms with van der Waals surface area (Å²) in [5.74, 6) is -0.178. The lowest BCUT2D eigenvalue weighted by molar-refractivity contribution is -0.142. The molecule has 14 nitrogen and oxygen atoms in total. The molecule has 44 heavy (non-hydrogen) atoms. The maximum atomic E-state index is 13.0. The number of methoxy groups -OCH3 is 1. The molecule has 1 amide bonds. The molecular formula is C30H31N9O5. The third-order valence-corrected chi connectivity index (χ3v) is 7.37. The molecule has 0 spiro atoms. The number of hydrogen-bond donors (Lipinski definition) is 3. The van der Waals surface area contributed by atoms with Crippen molar-refractivity contribution in [2.75, 3.05) is 12.4 Å². The first-order valence-corrected chi connectivity index (χ1v) is 14.1. The number of anilines is 2. The van der Waals surface area contributed by atoms with Gasteiger partial charge in [-0.15, -0.1) is 5.10 Å². The molecule has 226 valence electrons. The molecular weight excluding hydrogens is 566 g/mol. The molecule has 4 aromatic rings. The summed E-state index contributed by atoms with van der Waals surface area (Å²) in [7, 11) is 1.53. The highest BCUT2D eigenvalue weighted by molar-refractivity contribution is 5.96. The molecule has 2 aromatic heterocycles. The molecule has 2 heterocycles. The summed E-state index contributed by atoms with van der Waals surface area (Å²) in [6.07, 6.45) is 6.80. The molecule has 1 aliphatic rings. The van der Waals surface area contributed by atoms with E-state index in [1.165, 1.54) is 13.4 Å². The van der Waals surface area contributed by atoms with Crippen LogP contribution in [0.15, 0.2) is 55.1 Å². The average molecular weight is 598 g/mol. The van der Waals surface area contributed by atoms with E-state index in [4.69, 9.17) is 9.47 Å². The highest BCUT2D eigenvalue weighted by Gasteiger charge is 2.27. The van der Waals surface area contributed by atoms with Crippen LogP contribution in [0, 0.1) is 17.2 Å². The Kier molecular flexibility index (Phi) is 9.24. The Morgan fingerprint density at radius 3 is 2.52 bits per heavy atom. The topological polar surface area (TPSA) is 190 Å². The van der Waals surface area contributed by atoms with E-state index in [1.807, 2.05) is 6.92 Å². The quantitative estimate of drug-likeness (QED) is 0.228. The van der Waals surface area contributed by atoms with E-state index in [-0.39, 0.29) is 29.9 Å². The van der Waals surface area contributed by atoms with Gasteiger partial charge >= 0.3 is 5.97 Å². The van der Waals surface area contributed by atoms with E-state index in [2.05, 4.69) is 42.2 Å². The highest BCUT2D eigenvalue weighted by Crippen LogP contribution is 2.31. The van der Waals surface area contributed by atoms with E-state index >= 15 is 0 Å². The maximum absolute atomic E-state index is 13.0. The van der Waals surface area contributed by atoms with Gasteiger partial charge < -0.3 is 25.2 Å². The van der Waals surface area contributed by atoms with Crippen LogP contribution in [0.2, 0.25) is 0 Å². The highest BCUT2D eigenvalue weighted by atomic mass is 16.5. The number of hydrogen-bond acceptors (Lipinski definition) is 11. The molecule has 5 rings (SSSR count). The first kappa shape index (κ1) is 29.9. The van der Waals surface area contributed by atoms with Crippen LogP contribution in [0.25, 0.3) is 11.1 Å². The van der Waals surface area contributed by atoms with Gasteiger partial charge in [0.25, 0.3) is 5.91 Å². The van der Waals surface area contributed by atoms with Crippen LogP contribution >= 0.6 is 0 Å². The van der Waals surface area contributed by atoms with Gasteiger partial charge in [-0.1, -0.05) is 6.07 Å². The zero-order valence-electron chi connectivity index (χ0n) is 24.2. The minimum atomic E-state index is -0.783. The summed E-state index contributed by atoms with van der Waals surface area (Å²) in [5, 5.41) is 36.0. The third-order valence-electron chi connectivity index (χ3n) is 7.37. The van der Waals surface area contributed by atoms with E-state index < -0.39 is 5.97 Å². The summed E-state index contributed by atoms with van der Waals surface area (Å²) in [4.78, 5) is 33.1. The van der Waals surface area contributed by atoms with E-state index in [0.717, 1.165) is 5.56 Å². The molecule has 1 fully saturated rings. The van der Waals surface area contributed by atoms with Crippen LogP contribution in [0.5, 0.6) is 11.5 Å². The van der Waals surface area contributed by atoms with Crippen LogP contribution < -0.4 is 20.1 Å². The zero-order valence-corrected chi connectivity index (χ0v) is 24.2. The number of carboxylic acid groups (broad SMARTS) is 1. The number of carbonyl (C=O) groups is 2. The number of rotatable bonds is 11. The van der Waals surface area contributed by atoms with Gasteiger partial charge in [0.05, 0.1) is 30.8 Å². The van der Waals surface area contributed by atoms with Crippen LogP contribution in [0.3, 0.4) is 0 Å². The molecule has 1 aliphatic carbocycles. The van der Waals surface area contributed by atoms with Gasteiger partial charge in [0, 0.05) is 29.6 Å². The van der Waals surface area contributed by atoms with Crippen molar-refractivity contribution in [2.45, 2.75) is 51.3 Å². The standard InChI is InChI=1S/C30H31N9O5/c1-18(16-39-17-34-37-38-39)44-27-12-20(3-4-22(27)13-31)23-14-32-30(33-15-23)36-25-11-21(7-10-26(25)43-2)28(40)35-24-8-5-19(6-9-24)29(41)42/h3-4,7,10-12,14-15,17-19,24H,5-6,8-9,16H2,1-2H3,(H,35,40)(H,41,42)(H,32,33,36)/t18-,19?,24?/m0/s1. The molecule has 2 aromatic carbocycles. The normalized spacial score (nSPS) is 16.8. The number of aliphatic carboxylic acids is 1. The van der Waals surface area contributed by atoms with Gasteiger partial charge in [-0.25, -0.2) is 14.6 Å². The zero-order chi connectivity index (χ0) is 31.1. The molecule has 3 N–H and O–H groups in total. The van der Waals surface area contributed by atoms with Crippen molar-refractivity contribution in [3.8, 4) is 28.7 Å². The molecule has 0 aliphatic heterocycles. The van der Waals surface area contributed by atoms with Gasteiger partial charge in [0.1, 0.15) is 30.0 Å². The third kappa shape index (κ3) is 7.24. The Bertz CT molecular complexity index is 1650. The lowest BCUT2D eigenvalue weighted by atomic mass is 9.86. The summed E-state index contributed by atoms with van der Waals surface area (Å²) in [5.41, 5.74) is 2.78. The van der Waals surface area contributed by atoms with Gasteiger partial charge in [-0.3, -0.25) is 9.59 Å². The van der Waals surface area contributed by atoms with Crippen LogP contribution in [0.1, 0.15) is 48.5 Å². The van der Waals surface area contributed by atoms with Crippen LogP contribution in [-0.2, 0) is 11.3 Å². The molecule has 14 heteroatoms. The fourth-order valence-corrected chi connectivity index (χ4v) is 5.04. The largest absolute Gasteiger partial charge is 0.495 e. The number of benzene rings is 2. The second-order valence-electron chi connectivity index (χ2n) is 10.5. The number of tetrazole rings is 1. The predicted molar refractivity (Wildman–Crippen MR) is 157 cm³/mol. The molecule has 0 radical (unpaired) electrons. The minimum Gasteiger partial charge on any atom is -0.495 e. The predicted octanol–water partition coefficient (Wildman–Crippen LogP) is 3.59. The molecule has 1 saturated carbocycles. The number of amides is 1. The molecule has 0 bridgehead atoms. The number of aromatic nitrogens is 6. The molecule has 0 saturated heterocycles. The van der Waals surface area contributed by atoms with Gasteiger partial charge in [-0.05, 0) is 78.9 Å². The lowest BCUT2D eigenvalue weighted by Gasteiger charge is -2.26. The number of carboxylic acids is 1. The fourth-order valence-electron chi connectivity index (χ4n) is 5.04. The van der Waals surface area contributed by atoms with Crippen molar-refractivity contribution in [2.24, 2.45) is 5.92 Å². The van der Waals surface area contributed by atoms with Gasteiger partial charge in [-0.2, -0.15) is 5.26 Å². The Hall–Kier alpha value is -5.58. The first-order chi connectivity index (χ1) is 21.3. The van der Waals surface area contributed by atoms with Crippen LogP contribution in [0.4, 0.5) is 11.6 Å². The maximum Gasteiger partial charge on any atom is 0.306 e. The van der Waals surface area contributed by atoms with E-state index in [9.17, 15) is 20.0 Å². The van der Waals surface area contributed by atoms with Gasteiger partial charge in [0.15, 0.2) is 0 Å². The number of nitriles is 1. The van der Waals surface area contributed by atoms with Gasteiger partial charge in [0.2, 0.25) is 5.95 Å². The van der Waals surface area contributed by atoms with Crippen molar-refractivity contribution < 1.29 is 24.2 Å². The number of ether oxygens (including phenoxy) is 2. The second kappa shape index (κ2) is 13.6. The number of nitrogens with zero attached hydrogens (tertiary/aromatic N) is 7. The number of nitrogens with one attached hydrogen (secondary N) is 2. The van der Waals surface area contributed by atoms with Crippen molar-refractivity contribution in [1.29, 1.82) is 5.26 Å². The molecule has 0 unspecified atom stereocenters. The van der Waals surface area contributed by atoms with E-state index in [0.29, 0.717) is 66.1 Å². The summed E-state index contributed by atoms with van der Waals surface area (Å²) < 4.78 is 13.0. The Morgan fingerprint density at radius 2 is 1.86 bits per heavy atom. The van der Waals surface area contributed by atoms with E-state index in [1.54, 1.807) is 53.5 Å². The SMILES string of the molecule is COc1ccc(C(=O)NC2CCC(C(=O)O)CC2)cc1Nc1ncc(-c2ccc(C#N)c(O[C@@H](C)Cn3cnnn3)c2)cn1. The Morgan fingerprint density at radius 1 is 1.09 bits per heavy atom. The summed E-state index contributed by atoms with van der Waals surface area (Å²) in [6.45, 7) is 2.27. The van der Waals surface area contributed by atoms with Crippen molar-refractivity contribution in [1.82, 2.24) is 35.5 Å².